The first-order chi connectivity index (χ1) is 13.2. The summed E-state index contributed by atoms with van der Waals surface area (Å²) in [5.41, 5.74) is 0.810. The van der Waals surface area contributed by atoms with Crippen LogP contribution in [0.4, 0.5) is 17.5 Å². The molecule has 2 heterocycles. The van der Waals surface area contributed by atoms with Crippen molar-refractivity contribution in [3.63, 3.8) is 0 Å². The molecule has 27 heavy (non-hydrogen) atoms. The fraction of sp³-hybridized carbons (Fsp3) is 0.421. The first-order valence-corrected chi connectivity index (χ1v) is 10.8. The molecule has 1 aromatic carbocycles. The minimum Gasteiger partial charge on any atom is -0.355 e. The molecular weight excluding hydrogens is 382 g/mol. The lowest BCUT2D eigenvalue weighted by Crippen LogP contribution is -2.41. The quantitative estimate of drug-likeness (QED) is 0.686. The predicted molar refractivity (Wildman–Crippen MR) is 113 cm³/mol. The number of halogens is 1. The third-order valence-electron chi connectivity index (χ3n) is 4.53. The number of thioether (sulfide) groups is 1. The van der Waals surface area contributed by atoms with Crippen molar-refractivity contribution >= 4 is 46.7 Å². The summed E-state index contributed by atoms with van der Waals surface area (Å²) in [6.45, 7) is 2.28. The van der Waals surface area contributed by atoms with Gasteiger partial charge in [0.15, 0.2) is 0 Å². The molecule has 144 valence electrons. The monoisotopic (exact) mass is 405 g/mol. The Morgan fingerprint density at radius 3 is 2.81 bits per heavy atom. The molecule has 0 atom stereocenters. The van der Waals surface area contributed by atoms with Crippen molar-refractivity contribution in [2.24, 2.45) is 5.92 Å². The highest BCUT2D eigenvalue weighted by molar-refractivity contribution is 7.98. The molecule has 1 aromatic heterocycles. The van der Waals surface area contributed by atoms with E-state index in [4.69, 9.17) is 11.6 Å². The van der Waals surface area contributed by atoms with E-state index >= 15 is 0 Å². The molecule has 3 rings (SSSR count). The maximum Gasteiger partial charge on any atom is 0.227 e. The molecule has 0 unspecified atom stereocenters. The zero-order chi connectivity index (χ0) is 19.1. The third kappa shape index (κ3) is 5.49. The van der Waals surface area contributed by atoms with Gasteiger partial charge in [-0.15, -0.1) is 0 Å². The van der Waals surface area contributed by atoms with Crippen molar-refractivity contribution in [3.8, 4) is 0 Å². The maximum atomic E-state index is 12.2. The van der Waals surface area contributed by atoms with Crippen LogP contribution in [-0.4, -0.2) is 47.5 Å². The van der Waals surface area contributed by atoms with Crippen LogP contribution in [-0.2, 0) is 4.79 Å². The Kier molecular flexibility index (Phi) is 7.18. The van der Waals surface area contributed by atoms with Crippen molar-refractivity contribution in [3.05, 3.63) is 41.6 Å². The van der Waals surface area contributed by atoms with Crippen LogP contribution in [0, 0.1) is 5.92 Å². The van der Waals surface area contributed by atoms with Gasteiger partial charge in [0.05, 0.1) is 10.7 Å². The van der Waals surface area contributed by atoms with Gasteiger partial charge in [-0.05, 0) is 37.3 Å². The van der Waals surface area contributed by atoms with Gasteiger partial charge in [-0.3, -0.25) is 4.79 Å². The molecule has 2 N–H and O–H groups in total. The molecule has 8 heteroatoms. The van der Waals surface area contributed by atoms with E-state index in [0.29, 0.717) is 16.8 Å². The fourth-order valence-corrected chi connectivity index (χ4v) is 3.52. The Morgan fingerprint density at radius 1 is 1.30 bits per heavy atom. The summed E-state index contributed by atoms with van der Waals surface area (Å²) in [5.74, 6) is 2.56. The van der Waals surface area contributed by atoms with Crippen molar-refractivity contribution in [1.82, 2.24) is 15.3 Å². The van der Waals surface area contributed by atoms with Crippen LogP contribution in [0.1, 0.15) is 12.8 Å². The standard InChI is InChI=1S/C19H24ClN5OS/c1-27-13-10-21-18(26)14-7-11-25(12-8-14)19-22-9-6-17(24-19)23-16-5-3-2-4-15(16)20/h2-6,9,14H,7-8,10-13H2,1H3,(H,21,26)(H,22,23,24). The molecule has 0 bridgehead atoms. The summed E-state index contributed by atoms with van der Waals surface area (Å²) >= 11 is 7.94. The lowest BCUT2D eigenvalue weighted by atomic mass is 9.96. The average Bonchev–Trinajstić information content (AvgIpc) is 2.70. The fourth-order valence-electron chi connectivity index (χ4n) is 3.03. The van der Waals surface area contributed by atoms with Crippen LogP contribution < -0.4 is 15.5 Å². The van der Waals surface area contributed by atoms with E-state index in [2.05, 4.69) is 25.5 Å². The number of nitrogens with zero attached hydrogens (tertiary/aromatic N) is 3. The normalized spacial score (nSPS) is 14.8. The van der Waals surface area contributed by atoms with Crippen LogP contribution in [0.25, 0.3) is 0 Å². The average molecular weight is 406 g/mol. The van der Waals surface area contributed by atoms with Gasteiger partial charge in [0, 0.05) is 37.5 Å². The highest BCUT2D eigenvalue weighted by Gasteiger charge is 2.26. The number of hydrogen-bond donors (Lipinski definition) is 2. The zero-order valence-corrected chi connectivity index (χ0v) is 16.9. The molecule has 1 saturated heterocycles. The topological polar surface area (TPSA) is 70.2 Å². The van der Waals surface area contributed by atoms with E-state index in [1.54, 1.807) is 18.0 Å². The molecule has 1 aliphatic rings. The molecule has 6 nitrogen and oxygen atoms in total. The van der Waals surface area contributed by atoms with E-state index in [1.807, 2.05) is 36.6 Å². The zero-order valence-electron chi connectivity index (χ0n) is 15.3. The lowest BCUT2D eigenvalue weighted by Gasteiger charge is -2.31. The van der Waals surface area contributed by atoms with Crippen LogP contribution >= 0.6 is 23.4 Å². The number of benzene rings is 1. The van der Waals surface area contributed by atoms with Gasteiger partial charge in [0.1, 0.15) is 5.82 Å². The minimum absolute atomic E-state index is 0.0764. The number of hydrogen-bond acceptors (Lipinski definition) is 6. The Hall–Kier alpha value is -1.99. The molecule has 0 saturated carbocycles. The molecule has 1 amide bonds. The number of nitrogens with one attached hydrogen (secondary N) is 2. The summed E-state index contributed by atoms with van der Waals surface area (Å²) in [6, 6.07) is 9.37. The number of para-hydroxylation sites is 1. The van der Waals surface area contributed by atoms with Crippen LogP contribution in [0.15, 0.2) is 36.5 Å². The molecule has 0 radical (unpaired) electrons. The van der Waals surface area contributed by atoms with Gasteiger partial charge >= 0.3 is 0 Å². The van der Waals surface area contributed by atoms with E-state index in [1.165, 1.54) is 0 Å². The Bertz CT molecular complexity index is 767. The highest BCUT2D eigenvalue weighted by Crippen LogP contribution is 2.25. The van der Waals surface area contributed by atoms with E-state index < -0.39 is 0 Å². The number of piperidine rings is 1. The largest absolute Gasteiger partial charge is 0.355 e. The number of rotatable bonds is 7. The summed E-state index contributed by atoms with van der Waals surface area (Å²) in [6.07, 6.45) is 5.41. The molecule has 1 fully saturated rings. The summed E-state index contributed by atoms with van der Waals surface area (Å²) < 4.78 is 0. The molecule has 1 aliphatic heterocycles. The lowest BCUT2D eigenvalue weighted by molar-refractivity contribution is -0.125. The third-order valence-corrected chi connectivity index (χ3v) is 5.48. The van der Waals surface area contributed by atoms with Gasteiger partial charge in [0.25, 0.3) is 0 Å². The molecule has 0 aliphatic carbocycles. The second-order valence-corrected chi connectivity index (χ2v) is 7.78. The summed E-state index contributed by atoms with van der Waals surface area (Å²) in [5, 5.41) is 6.89. The first kappa shape index (κ1) is 19.8. The number of carbonyl (C=O) groups excluding carboxylic acids is 1. The number of carbonyl (C=O) groups is 1. The number of amides is 1. The second-order valence-electron chi connectivity index (χ2n) is 6.39. The minimum atomic E-state index is 0.0764. The van der Waals surface area contributed by atoms with Crippen molar-refractivity contribution in [2.75, 3.05) is 41.9 Å². The Labute approximate surface area is 169 Å². The van der Waals surface area contributed by atoms with Gasteiger partial charge in [-0.25, -0.2) is 4.98 Å². The van der Waals surface area contributed by atoms with Crippen molar-refractivity contribution < 1.29 is 4.79 Å². The Morgan fingerprint density at radius 2 is 2.07 bits per heavy atom. The van der Waals surface area contributed by atoms with Crippen molar-refractivity contribution in [1.29, 1.82) is 0 Å². The number of anilines is 3. The van der Waals surface area contributed by atoms with Crippen LogP contribution in [0.5, 0.6) is 0 Å². The smallest absolute Gasteiger partial charge is 0.227 e. The van der Waals surface area contributed by atoms with E-state index in [0.717, 1.165) is 43.9 Å². The maximum absolute atomic E-state index is 12.2. The van der Waals surface area contributed by atoms with Gasteiger partial charge in [-0.2, -0.15) is 16.7 Å². The first-order valence-electron chi connectivity index (χ1n) is 9.03. The summed E-state index contributed by atoms with van der Waals surface area (Å²) in [7, 11) is 0. The second kappa shape index (κ2) is 9.80. The van der Waals surface area contributed by atoms with Gasteiger partial charge in [-0.1, -0.05) is 23.7 Å². The van der Waals surface area contributed by atoms with Crippen molar-refractivity contribution in [2.45, 2.75) is 12.8 Å². The predicted octanol–water partition coefficient (Wildman–Crippen LogP) is 3.57. The van der Waals surface area contributed by atoms with E-state index in [9.17, 15) is 4.79 Å². The molecule has 2 aromatic rings. The Balaban J connectivity index is 1.57. The van der Waals surface area contributed by atoms with Crippen LogP contribution in [0.2, 0.25) is 5.02 Å². The summed E-state index contributed by atoms with van der Waals surface area (Å²) in [4.78, 5) is 23.3. The SMILES string of the molecule is CSCCNC(=O)C1CCN(c2nccc(Nc3ccccc3Cl)n2)CC1. The van der Waals surface area contributed by atoms with Crippen LogP contribution in [0.3, 0.4) is 0 Å². The number of aromatic nitrogens is 2. The molecular formula is C19H24ClN5OS. The van der Waals surface area contributed by atoms with E-state index in [-0.39, 0.29) is 11.8 Å². The van der Waals surface area contributed by atoms with Gasteiger partial charge < -0.3 is 15.5 Å². The highest BCUT2D eigenvalue weighted by atomic mass is 35.5. The van der Waals surface area contributed by atoms with Gasteiger partial charge in [0.2, 0.25) is 11.9 Å². The molecule has 0 spiro atoms.